The van der Waals surface area contributed by atoms with E-state index < -0.39 is 70.3 Å². The smallest absolute Gasteiger partial charge is 0.200 e. The van der Waals surface area contributed by atoms with Gasteiger partial charge in [-0.05, 0) is 12.8 Å². The fraction of sp³-hybridized carbons (Fsp3) is 1.00. The van der Waals surface area contributed by atoms with Crippen molar-refractivity contribution in [2.24, 2.45) is 0 Å². The van der Waals surface area contributed by atoms with Gasteiger partial charge in [-0.3, -0.25) is 0 Å². The molecule has 0 fully saturated rings. The minimum absolute atomic E-state index is 0.0147. The van der Waals surface area contributed by atoms with E-state index in [0.29, 0.717) is 0 Å². The lowest BCUT2D eigenvalue weighted by Gasteiger charge is -2.44. The molecule has 0 aliphatic rings. The summed E-state index contributed by atoms with van der Waals surface area (Å²) >= 11 is 3.65. The van der Waals surface area contributed by atoms with Gasteiger partial charge in [0.15, 0.2) is 0 Å². The van der Waals surface area contributed by atoms with Crippen molar-refractivity contribution in [3.63, 3.8) is 0 Å². The second-order valence-electron chi connectivity index (χ2n) is 6.86. The third kappa shape index (κ3) is 5.26. The highest BCUT2D eigenvalue weighted by atomic mass is 127. The molecule has 0 heterocycles. The SMILES string of the molecule is FC(F)(F)C(F)(F)C(F)(F)C(F)(F)C(F)(F)C(F)(F)C(F)(F)C(F)(F)C(F)(F)CC(I)CCCBr. The lowest BCUT2D eigenvalue weighted by molar-refractivity contribution is -0.468. The Hall–Kier alpha value is -0.120. The molecule has 0 N–H and O–H groups in total. The standard InChI is InChI=1S/C14H9BrF19I/c15-3-1-2-5(35)4-6(16,17)7(18,19)8(20,21)9(22,23)10(24,25)11(26,27)12(28,29)13(30,31)14(32,33)34/h5H,1-4H2. The average Bonchev–Trinajstić information content (AvgIpc) is 2.63. The molecule has 0 aliphatic carbocycles. The average molecular weight is 745 g/mol. The van der Waals surface area contributed by atoms with Gasteiger partial charge in [-0.25, -0.2) is 0 Å². The van der Waals surface area contributed by atoms with Gasteiger partial charge >= 0.3 is 53.6 Å². The van der Waals surface area contributed by atoms with Crippen LogP contribution in [0.3, 0.4) is 0 Å². The molecule has 0 radical (unpaired) electrons. The van der Waals surface area contributed by atoms with Crippen LogP contribution in [-0.4, -0.2) is 62.8 Å². The maximum absolute atomic E-state index is 13.7. The van der Waals surface area contributed by atoms with Gasteiger partial charge in [-0.2, -0.15) is 83.4 Å². The molecule has 0 aromatic carbocycles. The molecule has 0 bridgehead atoms. The van der Waals surface area contributed by atoms with E-state index in [1.165, 1.54) is 0 Å². The summed E-state index contributed by atoms with van der Waals surface area (Å²) < 4.78 is 249. The molecule has 0 saturated heterocycles. The van der Waals surface area contributed by atoms with Gasteiger partial charge in [0.05, 0.1) is 0 Å². The summed E-state index contributed by atoms with van der Waals surface area (Å²) in [5, 5.41) is 0.0147. The van der Waals surface area contributed by atoms with Gasteiger partial charge < -0.3 is 0 Å². The van der Waals surface area contributed by atoms with Crippen LogP contribution in [0, 0.1) is 0 Å². The Morgan fingerprint density at radius 1 is 0.486 bits per heavy atom. The minimum atomic E-state index is -8.87. The Morgan fingerprint density at radius 3 is 1.06 bits per heavy atom. The summed E-state index contributed by atoms with van der Waals surface area (Å²) in [7, 11) is 0. The summed E-state index contributed by atoms with van der Waals surface area (Å²) in [6.07, 6.45) is -11.0. The Morgan fingerprint density at radius 2 is 0.771 bits per heavy atom. The fourth-order valence-corrected chi connectivity index (χ4v) is 3.52. The van der Waals surface area contributed by atoms with E-state index in [4.69, 9.17) is 0 Å². The number of hydrogen-bond acceptors (Lipinski definition) is 0. The fourth-order valence-electron chi connectivity index (χ4n) is 2.20. The summed E-state index contributed by atoms with van der Waals surface area (Å²) in [5.41, 5.74) is 0. The quantitative estimate of drug-likeness (QED) is 0.106. The molecule has 0 spiro atoms. The van der Waals surface area contributed by atoms with E-state index in [9.17, 15) is 83.4 Å². The summed E-state index contributed by atoms with van der Waals surface area (Å²) in [5.74, 6) is -66.0. The molecule has 21 heteroatoms. The zero-order valence-electron chi connectivity index (χ0n) is 15.8. The van der Waals surface area contributed by atoms with Crippen LogP contribution in [0.15, 0.2) is 0 Å². The van der Waals surface area contributed by atoms with Crippen LogP contribution < -0.4 is 0 Å². The highest BCUT2D eigenvalue weighted by Gasteiger charge is 2.96. The molecule has 0 aromatic rings. The molecular formula is C14H9BrF19I. The molecule has 1 unspecified atom stereocenters. The maximum atomic E-state index is 13.7. The van der Waals surface area contributed by atoms with Gasteiger partial charge in [0, 0.05) is 15.7 Å². The van der Waals surface area contributed by atoms with Gasteiger partial charge in [0.25, 0.3) is 0 Å². The van der Waals surface area contributed by atoms with Crippen LogP contribution >= 0.6 is 38.5 Å². The van der Waals surface area contributed by atoms with Crippen molar-refractivity contribution in [1.29, 1.82) is 0 Å². The molecule has 0 saturated carbocycles. The molecule has 1 atom stereocenters. The maximum Gasteiger partial charge on any atom is 0.460 e. The first-order valence-electron chi connectivity index (χ1n) is 8.25. The second kappa shape index (κ2) is 9.88. The molecule has 0 aliphatic heterocycles. The van der Waals surface area contributed by atoms with Crippen LogP contribution in [-0.2, 0) is 0 Å². The lowest BCUT2D eigenvalue weighted by Crippen LogP contribution is -2.75. The van der Waals surface area contributed by atoms with Gasteiger partial charge in [-0.15, -0.1) is 0 Å². The van der Waals surface area contributed by atoms with Crippen LogP contribution in [0.1, 0.15) is 19.3 Å². The Labute approximate surface area is 204 Å². The highest BCUT2D eigenvalue weighted by Crippen LogP contribution is 2.65. The third-order valence-electron chi connectivity index (χ3n) is 4.31. The first-order valence-corrected chi connectivity index (χ1v) is 10.6. The van der Waals surface area contributed by atoms with E-state index in [-0.39, 0.29) is 11.8 Å². The predicted molar refractivity (Wildman–Crippen MR) is 91.1 cm³/mol. The van der Waals surface area contributed by atoms with Crippen LogP contribution in [0.2, 0.25) is 0 Å². The van der Waals surface area contributed by atoms with Crippen LogP contribution in [0.5, 0.6) is 0 Å². The van der Waals surface area contributed by atoms with Crippen LogP contribution in [0.25, 0.3) is 0 Å². The largest absolute Gasteiger partial charge is 0.460 e. The van der Waals surface area contributed by atoms with Crippen molar-refractivity contribution in [1.82, 2.24) is 0 Å². The van der Waals surface area contributed by atoms with Crippen molar-refractivity contribution in [3.05, 3.63) is 0 Å². The van der Waals surface area contributed by atoms with E-state index in [1.54, 1.807) is 0 Å². The lowest BCUT2D eigenvalue weighted by atomic mass is 9.86. The van der Waals surface area contributed by atoms with Crippen molar-refractivity contribution < 1.29 is 83.4 Å². The molecule has 0 amide bonds. The van der Waals surface area contributed by atoms with Gasteiger partial charge in [0.1, 0.15) is 0 Å². The highest BCUT2D eigenvalue weighted by molar-refractivity contribution is 14.1. The monoisotopic (exact) mass is 744 g/mol. The van der Waals surface area contributed by atoms with E-state index in [1.807, 2.05) is 0 Å². The zero-order chi connectivity index (χ0) is 28.9. The first-order chi connectivity index (χ1) is 15.0. The van der Waals surface area contributed by atoms with Crippen molar-refractivity contribution in [2.45, 2.75) is 76.7 Å². The van der Waals surface area contributed by atoms with Gasteiger partial charge in [-0.1, -0.05) is 38.5 Å². The number of hydrogen-bond donors (Lipinski definition) is 0. The molecule has 0 aromatic heterocycles. The van der Waals surface area contributed by atoms with Crippen molar-refractivity contribution in [2.75, 3.05) is 5.33 Å². The Balaban J connectivity index is 6.69. The van der Waals surface area contributed by atoms with Crippen molar-refractivity contribution in [3.8, 4) is 0 Å². The summed E-state index contributed by atoms with van der Waals surface area (Å²) in [4.78, 5) is 0. The predicted octanol–water partition coefficient (Wildman–Crippen LogP) is 9.00. The van der Waals surface area contributed by atoms with Gasteiger partial charge in [0.2, 0.25) is 0 Å². The Kier molecular flexibility index (Phi) is 9.85. The van der Waals surface area contributed by atoms with E-state index in [2.05, 4.69) is 15.9 Å². The topological polar surface area (TPSA) is 0 Å². The number of rotatable bonds is 12. The summed E-state index contributed by atoms with van der Waals surface area (Å²) in [6, 6.07) is 0. The second-order valence-corrected chi connectivity index (χ2v) is 9.41. The molecular weight excluding hydrogens is 736 g/mol. The zero-order valence-corrected chi connectivity index (χ0v) is 19.6. The number of alkyl halides is 21. The molecule has 0 nitrogen and oxygen atoms in total. The minimum Gasteiger partial charge on any atom is -0.200 e. The van der Waals surface area contributed by atoms with Crippen molar-refractivity contribution >= 4 is 38.5 Å². The van der Waals surface area contributed by atoms with Crippen LogP contribution in [0.4, 0.5) is 83.4 Å². The molecule has 212 valence electrons. The molecule has 35 heavy (non-hydrogen) atoms. The Bertz CT molecular complexity index is 728. The summed E-state index contributed by atoms with van der Waals surface area (Å²) in [6.45, 7) is 0. The third-order valence-corrected chi connectivity index (χ3v) is 5.93. The molecule has 0 rings (SSSR count). The normalized spacial score (nSPS) is 17.1. The van der Waals surface area contributed by atoms with E-state index in [0.717, 1.165) is 22.6 Å². The first kappa shape index (κ1) is 34.9. The van der Waals surface area contributed by atoms with E-state index >= 15 is 0 Å². The number of halogens is 21.